The Morgan fingerprint density at radius 2 is 2.12 bits per heavy atom. The second-order valence-corrected chi connectivity index (χ2v) is 4.58. The van der Waals surface area contributed by atoms with Gasteiger partial charge in [-0.05, 0) is 20.8 Å². The number of fused-ring (bicyclic) bond motifs is 1. The third kappa shape index (κ3) is 2.22. The highest BCUT2D eigenvalue weighted by atomic mass is 16.8. The fourth-order valence-corrected chi connectivity index (χ4v) is 2.23. The van der Waals surface area contributed by atoms with Crippen LogP contribution in [0.15, 0.2) is 12.7 Å². The van der Waals surface area contributed by atoms with Gasteiger partial charge in [0.05, 0.1) is 0 Å². The topological polar surface area (TPSA) is 54.0 Å². The number of esters is 1. The maximum absolute atomic E-state index is 11.7. The van der Waals surface area contributed by atoms with Crippen LogP contribution < -0.4 is 0 Å². The lowest BCUT2D eigenvalue weighted by Crippen LogP contribution is -2.54. The van der Waals surface area contributed by atoms with E-state index in [-0.39, 0.29) is 6.10 Å². The van der Waals surface area contributed by atoms with Gasteiger partial charge in [0.15, 0.2) is 18.0 Å². The maximum atomic E-state index is 11.7. The molecule has 2 aliphatic heterocycles. The molecular weight excluding hydrogens is 224 g/mol. The van der Waals surface area contributed by atoms with E-state index in [0.29, 0.717) is 6.61 Å². The Morgan fingerprint density at radius 1 is 1.41 bits per heavy atom. The number of ether oxygens (including phenoxy) is 4. The molecule has 96 valence electrons. The normalized spacial score (nSPS) is 39.6. The van der Waals surface area contributed by atoms with Crippen LogP contribution in [0.1, 0.15) is 20.8 Å². The van der Waals surface area contributed by atoms with Crippen LogP contribution in [-0.2, 0) is 23.7 Å². The molecule has 0 bridgehead atoms. The zero-order valence-electron chi connectivity index (χ0n) is 10.3. The lowest BCUT2D eigenvalue weighted by atomic mass is 10.0. The molecule has 2 saturated heterocycles. The quantitative estimate of drug-likeness (QED) is 0.546. The summed E-state index contributed by atoms with van der Waals surface area (Å²) in [6.07, 6.45) is -0.309. The first kappa shape index (κ1) is 12.5. The van der Waals surface area contributed by atoms with Crippen LogP contribution in [0, 0.1) is 0 Å². The van der Waals surface area contributed by atoms with Crippen molar-refractivity contribution in [2.75, 3.05) is 6.61 Å². The number of rotatable bonds is 3. The molecule has 4 unspecified atom stereocenters. The predicted molar refractivity (Wildman–Crippen MR) is 59.3 cm³/mol. The average Bonchev–Trinajstić information content (AvgIpc) is 2.55. The number of carbonyl (C=O) groups excluding carboxylic acids is 1. The molecule has 0 aromatic heterocycles. The zero-order chi connectivity index (χ0) is 12.6. The maximum Gasteiger partial charge on any atom is 0.338 e. The first-order valence-electron chi connectivity index (χ1n) is 5.79. The Labute approximate surface area is 101 Å². The lowest BCUT2D eigenvalue weighted by Gasteiger charge is -2.41. The first-order chi connectivity index (χ1) is 7.98. The molecule has 0 N–H and O–H groups in total. The van der Waals surface area contributed by atoms with Crippen LogP contribution in [0.25, 0.3) is 0 Å². The highest BCUT2D eigenvalue weighted by Gasteiger charge is 2.55. The Morgan fingerprint density at radius 3 is 2.71 bits per heavy atom. The summed E-state index contributed by atoms with van der Waals surface area (Å²) >= 11 is 0. The number of hydrogen-bond donors (Lipinski definition) is 0. The molecule has 0 aromatic rings. The van der Waals surface area contributed by atoms with Gasteiger partial charge in [0.25, 0.3) is 0 Å². The van der Waals surface area contributed by atoms with Gasteiger partial charge in [-0.15, -0.1) is 6.58 Å². The first-order valence-corrected chi connectivity index (χ1v) is 5.79. The lowest BCUT2D eigenvalue weighted by molar-refractivity contribution is -0.319. The van der Waals surface area contributed by atoms with Crippen LogP contribution in [0.5, 0.6) is 0 Å². The summed E-state index contributed by atoms with van der Waals surface area (Å²) in [4.78, 5) is 11.7. The van der Waals surface area contributed by atoms with Gasteiger partial charge in [-0.25, -0.2) is 4.79 Å². The molecule has 0 amide bonds. The van der Waals surface area contributed by atoms with Crippen molar-refractivity contribution < 1.29 is 23.7 Å². The molecular formula is C12H18O5. The van der Waals surface area contributed by atoms with Gasteiger partial charge in [0, 0.05) is 6.61 Å². The monoisotopic (exact) mass is 242 g/mol. The van der Waals surface area contributed by atoms with Gasteiger partial charge in [-0.3, -0.25) is 0 Å². The van der Waals surface area contributed by atoms with Crippen molar-refractivity contribution in [2.24, 2.45) is 0 Å². The highest BCUT2D eigenvalue weighted by molar-refractivity contribution is 5.78. The van der Waals surface area contributed by atoms with E-state index in [4.69, 9.17) is 18.9 Å². The van der Waals surface area contributed by atoms with E-state index in [1.54, 1.807) is 19.9 Å². The Hall–Kier alpha value is -0.910. The molecule has 5 heteroatoms. The minimum absolute atomic E-state index is 0.363. The van der Waals surface area contributed by atoms with Crippen LogP contribution in [0.2, 0.25) is 0 Å². The summed E-state index contributed by atoms with van der Waals surface area (Å²) in [5, 5.41) is 0. The smallest absolute Gasteiger partial charge is 0.338 e. The summed E-state index contributed by atoms with van der Waals surface area (Å²) in [6.45, 7) is 9.55. The second-order valence-electron chi connectivity index (χ2n) is 4.58. The minimum atomic E-state index is -0.774. The third-order valence-corrected chi connectivity index (χ3v) is 2.85. The molecule has 5 nitrogen and oxygen atoms in total. The van der Waals surface area contributed by atoms with E-state index in [1.807, 2.05) is 6.92 Å². The van der Waals surface area contributed by atoms with E-state index in [9.17, 15) is 4.79 Å². The molecule has 0 aromatic carbocycles. The van der Waals surface area contributed by atoms with E-state index >= 15 is 0 Å². The Kier molecular flexibility index (Phi) is 3.25. The van der Waals surface area contributed by atoms with Crippen LogP contribution in [-0.4, -0.2) is 42.8 Å². The number of hydrogen-bond acceptors (Lipinski definition) is 5. The molecule has 2 rings (SSSR count). The Balaban J connectivity index is 2.22. The van der Waals surface area contributed by atoms with E-state index in [2.05, 4.69) is 6.58 Å². The van der Waals surface area contributed by atoms with Gasteiger partial charge in [-0.1, -0.05) is 6.08 Å². The standard InChI is InChI=1S/C12H18O5/c1-5-7-8-9(17-12(3,4)16-7)10(14-6-2)11(13)15-8/h5,7-10H,1,6H2,2-4H3. The molecule has 0 saturated carbocycles. The second kappa shape index (κ2) is 4.40. The molecule has 0 radical (unpaired) electrons. The molecule has 0 aliphatic carbocycles. The van der Waals surface area contributed by atoms with E-state index in [0.717, 1.165) is 0 Å². The SMILES string of the molecule is C=CC1OC(C)(C)OC2C(OCC)C(=O)OC12. The van der Waals surface area contributed by atoms with Gasteiger partial charge in [-0.2, -0.15) is 0 Å². The average molecular weight is 242 g/mol. The summed E-state index contributed by atoms with van der Waals surface area (Å²) in [7, 11) is 0. The molecule has 2 heterocycles. The predicted octanol–water partition coefficient (Wildman–Crippen LogP) is 1.02. The van der Waals surface area contributed by atoms with Crippen molar-refractivity contribution in [1.29, 1.82) is 0 Å². The van der Waals surface area contributed by atoms with Crippen molar-refractivity contribution in [3.63, 3.8) is 0 Å². The van der Waals surface area contributed by atoms with Crippen LogP contribution in [0.4, 0.5) is 0 Å². The summed E-state index contributed by atoms with van der Waals surface area (Å²) < 4.78 is 22.0. The molecule has 4 atom stereocenters. The fraction of sp³-hybridized carbons (Fsp3) is 0.750. The van der Waals surface area contributed by atoms with E-state index in [1.165, 1.54) is 0 Å². The largest absolute Gasteiger partial charge is 0.454 e. The van der Waals surface area contributed by atoms with Gasteiger partial charge < -0.3 is 18.9 Å². The van der Waals surface area contributed by atoms with Crippen molar-refractivity contribution >= 4 is 5.97 Å². The minimum Gasteiger partial charge on any atom is -0.454 e. The van der Waals surface area contributed by atoms with Crippen molar-refractivity contribution in [1.82, 2.24) is 0 Å². The summed E-state index contributed by atoms with van der Waals surface area (Å²) in [5.74, 6) is -1.17. The molecule has 17 heavy (non-hydrogen) atoms. The number of carbonyl (C=O) groups is 1. The van der Waals surface area contributed by atoms with Crippen molar-refractivity contribution in [3.8, 4) is 0 Å². The fourth-order valence-electron chi connectivity index (χ4n) is 2.23. The van der Waals surface area contributed by atoms with Crippen molar-refractivity contribution in [3.05, 3.63) is 12.7 Å². The van der Waals surface area contributed by atoms with Crippen LogP contribution >= 0.6 is 0 Å². The van der Waals surface area contributed by atoms with Crippen LogP contribution in [0.3, 0.4) is 0 Å². The van der Waals surface area contributed by atoms with E-state index < -0.39 is 30.1 Å². The van der Waals surface area contributed by atoms with Gasteiger partial charge in [0.2, 0.25) is 0 Å². The van der Waals surface area contributed by atoms with Crippen molar-refractivity contribution in [2.45, 2.75) is 51.0 Å². The summed E-state index contributed by atoms with van der Waals surface area (Å²) in [5.41, 5.74) is 0. The Bertz CT molecular complexity index is 325. The van der Waals surface area contributed by atoms with Gasteiger partial charge in [0.1, 0.15) is 12.2 Å². The molecule has 2 fully saturated rings. The zero-order valence-corrected chi connectivity index (χ0v) is 10.3. The third-order valence-electron chi connectivity index (χ3n) is 2.85. The molecule has 2 aliphatic rings. The molecule has 0 spiro atoms. The highest BCUT2D eigenvalue weighted by Crippen LogP contribution is 2.36. The van der Waals surface area contributed by atoms with Gasteiger partial charge >= 0.3 is 5.97 Å². The summed E-state index contributed by atoms with van der Waals surface area (Å²) in [6, 6.07) is 0.